The molecule has 0 spiro atoms. The number of rotatable bonds is 5. The molecule has 0 aliphatic rings. The highest BCUT2D eigenvalue weighted by Crippen LogP contribution is 2.37. The first kappa shape index (κ1) is 18.7. The van der Waals surface area contributed by atoms with E-state index in [1.54, 1.807) is 23.5 Å². The maximum atomic E-state index is 7.31. The Labute approximate surface area is 167 Å². The zero-order valence-electron chi connectivity index (χ0n) is 14.4. The average molecular weight is 402 g/mol. The number of nitrogens with zero attached hydrogens (tertiary/aromatic N) is 2. The second kappa shape index (κ2) is 8.09. The molecular weight excluding hydrogens is 385 g/mol. The second-order valence-electron chi connectivity index (χ2n) is 6.27. The quantitative estimate of drug-likeness (QED) is 0.445. The predicted molar refractivity (Wildman–Crippen MR) is 112 cm³/mol. The molecule has 3 nitrogen and oxygen atoms in total. The molecule has 0 amide bonds. The van der Waals surface area contributed by atoms with Crippen LogP contribution in [0.5, 0.6) is 0 Å². The first-order valence-corrected chi connectivity index (χ1v) is 9.73. The zero-order valence-corrected chi connectivity index (χ0v) is 16.7. The highest BCUT2D eigenvalue weighted by molar-refractivity contribution is 7.16. The Hall–Kier alpha value is -2.06. The van der Waals surface area contributed by atoms with E-state index in [1.807, 2.05) is 30.3 Å². The van der Waals surface area contributed by atoms with Crippen molar-refractivity contribution in [2.45, 2.75) is 20.3 Å². The monoisotopic (exact) mass is 401 g/mol. The third-order valence-corrected chi connectivity index (χ3v) is 5.48. The van der Waals surface area contributed by atoms with Crippen LogP contribution in [-0.4, -0.2) is 4.98 Å². The summed E-state index contributed by atoms with van der Waals surface area (Å²) < 4.78 is 0. The van der Waals surface area contributed by atoms with Crippen LogP contribution in [0.4, 0.5) is 16.5 Å². The van der Waals surface area contributed by atoms with Crippen molar-refractivity contribution in [3.63, 3.8) is 0 Å². The SMILES string of the molecule is [C-]#[N+]c1ccccc1Nc1nc(-c2ccc(Cl)c(Cl)c2)c(CC(C)C)s1. The van der Waals surface area contributed by atoms with Gasteiger partial charge in [-0.25, -0.2) is 9.83 Å². The van der Waals surface area contributed by atoms with Gasteiger partial charge in [0.1, 0.15) is 0 Å². The van der Waals surface area contributed by atoms with Crippen LogP contribution in [0.2, 0.25) is 10.0 Å². The van der Waals surface area contributed by atoms with E-state index >= 15 is 0 Å². The Kier molecular flexibility index (Phi) is 5.83. The molecule has 1 heterocycles. The van der Waals surface area contributed by atoms with Crippen molar-refractivity contribution in [3.8, 4) is 11.3 Å². The topological polar surface area (TPSA) is 29.3 Å². The number of aromatic nitrogens is 1. The number of para-hydroxylation sites is 2. The Morgan fingerprint density at radius 2 is 1.92 bits per heavy atom. The summed E-state index contributed by atoms with van der Waals surface area (Å²) in [5.41, 5.74) is 3.18. The number of halogens is 2. The molecule has 0 saturated heterocycles. The van der Waals surface area contributed by atoms with Gasteiger partial charge in [-0.05, 0) is 30.5 Å². The van der Waals surface area contributed by atoms with Gasteiger partial charge in [-0.3, -0.25) is 0 Å². The third kappa shape index (κ3) is 4.19. The largest absolute Gasteiger partial charge is 0.341 e. The fraction of sp³-hybridized carbons (Fsp3) is 0.200. The van der Waals surface area contributed by atoms with E-state index in [0.717, 1.165) is 28.5 Å². The number of anilines is 2. The minimum absolute atomic E-state index is 0.500. The molecule has 0 fully saturated rings. The van der Waals surface area contributed by atoms with Gasteiger partial charge in [0.25, 0.3) is 0 Å². The molecule has 6 heteroatoms. The molecule has 0 aliphatic heterocycles. The summed E-state index contributed by atoms with van der Waals surface area (Å²) in [6.45, 7) is 11.7. The normalized spacial score (nSPS) is 10.8. The van der Waals surface area contributed by atoms with E-state index in [0.29, 0.717) is 21.7 Å². The number of thiazole rings is 1. The first-order chi connectivity index (χ1) is 12.5. The van der Waals surface area contributed by atoms with E-state index < -0.39 is 0 Å². The van der Waals surface area contributed by atoms with Gasteiger partial charge in [-0.2, -0.15) is 0 Å². The van der Waals surface area contributed by atoms with Crippen LogP contribution in [0, 0.1) is 12.5 Å². The van der Waals surface area contributed by atoms with Crippen molar-refractivity contribution in [3.05, 3.63) is 68.8 Å². The molecule has 0 atom stereocenters. The van der Waals surface area contributed by atoms with Crippen molar-refractivity contribution in [1.29, 1.82) is 0 Å². The number of nitrogens with one attached hydrogen (secondary N) is 1. The maximum Gasteiger partial charge on any atom is 0.209 e. The average Bonchev–Trinajstić information content (AvgIpc) is 2.99. The van der Waals surface area contributed by atoms with E-state index in [2.05, 4.69) is 24.0 Å². The molecule has 2 aromatic carbocycles. The number of hydrogen-bond donors (Lipinski definition) is 1. The summed E-state index contributed by atoms with van der Waals surface area (Å²) in [6.07, 6.45) is 0.916. The molecule has 3 aromatic rings. The van der Waals surface area contributed by atoms with Crippen molar-refractivity contribution in [2.75, 3.05) is 5.32 Å². The summed E-state index contributed by atoms with van der Waals surface area (Å²) in [4.78, 5) is 9.52. The Morgan fingerprint density at radius 1 is 1.15 bits per heavy atom. The third-order valence-electron chi connectivity index (χ3n) is 3.75. The zero-order chi connectivity index (χ0) is 18.7. The van der Waals surface area contributed by atoms with Crippen molar-refractivity contribution < 1.29 is 0 Å². The van der Waals surface area contributed by atoms with Gasteiger partial charge < -0.3 is 5.32 Å². The van der Waals surface area contributed by atoms with Crippen molar-refractivity contribution in [2.24, 2.45) is 5.92 Å². The maximum absolute atomic E-state index is 7.31. The van der Waals surface area contributed by atoms with Gasteiger partial charge in [0, 0.05) is 16.1 Å². The lowest BCUT2D eigenvalue weighted by Gasteiger charge is -2.06. The Balaban J connectivity index is 2.01. The molecule has 1 aromatic heterocycles. The fourth-order valence-electron chi connectivity index (χ4n) is 2.58. The molecule has 0 bridgehead atoms. The Bertz CT molecular complexity index is 973. The molecule has 3 rings (SSSR count). The van der Waals surface area contributed by atoms with Crippen LogP contribution in [0.3, 0.4) is 0 Å². The second-order valence-corrected chi connectivity index (χ2v) is 8.17. The van der Waals surface area contributed by atoms with Gasteiger partial charge >= 0.3 is 0 Å². The molecule has 0 saturated carbocycles. The molecule has 0 radical (unpaired) electrons. The summed E-state index contributed by atoms with van der Waals surface area (Å²) in [5.74, 6) is 0.500. The minimum Gasteiger partial charge on any atom is -0.341 e. The van der Waals surface area contributed by atoms with Crippen LogP contribution in [0.15, 0.2) is 42.5 Å². The highest BCUT2D eigenvalue weighted by atomic mass is 35.5. The van der Waals surface area contributed by atoms with Crippen LogP contribution in [0.25, 0.3) is 16.1 Å². The molecule has 132 valence electrons. The van der Waals surface area contributed by atoms with Crippen LogP contribution in [-0.2, 0) is 6.42 Å². The summed E-state index contributed by atoms with van der Waals surface area (Å²) >= 11 is 13.8. The van der Waals surface area contributed by atoms with Gasteiger partial charge in [-0.1, -0.05) is 61.3 Å². The van der Waals surface area contributed by atoms with E-state index in [4.69, 9.17) is 34.8 Å². The van der Waals surface area contributed by atoms with Crippen LogP contribution in [0.1, 0.15) is 18.7 Å². The minimum atomic E-state index is 0.500. The van der Waals surface area contributed by atoms with Gasteiger partial charge in [0.15, 0.2) is 5.13 Å². The van der Waals surface area contributed by atoms with Crippen LogP contribution < -0.4 is 5.32 Å². The van der Waals surface area contributed by atoms with Crippen LogP contribution >= 0.6 is 34.5 Å². The number of hydrogen-bond acceptors (Lipinski definition) is 3. The molecule has 0 aliphatic carbocycles. The van der Waals surface area contributed by atoms with Crippen molar-refractivity contribution >= 4 is 51.0 Å². The molecular formula is C20H17Cl2N3S. The summed E-state index contributed by atoms with van der Waals surface area (Å²) in [5, 5.41) is 5.09. The first-order valence-electron chi connectivity index (χ1n) is 8.16. The lowest BCUT2D eigenvalue weighted by atomic mass is 10.0. The lowest BCUT2D eigenvalue weighted by Crippen LogP contribution is -1.94. The van der Waals surface area contributed by atoms with E-state index in [1.165, 1.54) is 4.88 Å². The fourth-order valence-corrected chi connectivity index (χ4v) is 4.08. The summed E-state index contributed by atoms with van der Waals surface area (Å²) in [6, 6.07) is 13.0. The number of benzene rings is 2. The van der Waals surface area contributed by atoms with Gasteiger partial charge in [0.05, 0.1) is 22.3 Å². The van der Waals surface area contributed by atoms with Crippen molar-refractivity contribution in [1.82, 2.24) is 4.98 Å². The standard InChI is InChI=1S/C20H17Cl2N3S/c1-12(2)10-18-19(13-8-9-14(21)15(22)11-13)25-20(26-18)24-17-7-5-4-6-16(17)23-3/h4-9,11-12H,10H2,1-2H3,(H,24,25). The molecule has 26 heavy (non-hydrogen) atoms. The molecule has 1 N–H and O–H groups in total. The van der Waals surface area contributed by atoms with E-state index in [-0.39, 0.29) is 0 Å². The highest BCUT2D eigenvalue weighted by Gasteiger charge is 2.16. The Morgan fingerprint density at radius 3 is 2.62 bits per heavy atom. The lowest BCUT2D eigenvalue weighted by molar-refractivity contribution is 0.654. The predicted octanol–water partition coefficient (Wildman–Crippen LogP) is 7.61. The smallest absolute Gasteiger partial charge is 0.209 e. The molecule has 0 unspecified atom stereocenters. The summed E-state index contributed by atoms with van der Waals surface area (Å²) in [7, 11) is 0. The van der Waals surface area contributed by atoms with E-state index in [9.17, 15) is 0 Å². The van der Waals surface area contributed by atoms with Gasteiger partial charge in [0.2, 0.25) is 5.69 Å². The van der Waals surface area contributed by atoms with Gasteiger partial charge in [-0.15, -0.1) is 11.3 Å².